The van der Waals surface area contributed by atoms with Crippen molar-refractivity contribution >= 4 is 17.3 Å². The Morgan fingerprint density at radius 1 is 1.33 bits per heavy atom. The number of aromatic nitrogens is 4. The Labute approximate surface area is 135 Å². The zero-order chi connectivity index (χ0) is 17.3. The quantitative estimate of drug-likeness (QED) is 0.923. The number of alkyl halides is 3. The van der Waals surface area contributed by atoms with Gasteiger partial charge in [0, 0.05) is 6.54 Å². The molecule has 10 heteroatoms. The van der Waals surface area contributed by atoms with E-state index in [0.717, 1.165) is 10.4 Å². The normalized spacial score (nSPS) is 18.1. The number of carbonyl (C=O) groups excluding carboxylic acids is 1. The molecule has 1 N–H and O–H groups in total. The molecule has 0 radical (unpaired) electrons. The van der Waals surface area contributed by atoms with Crippen LogP contribution in [0.4, 0.5) is 24.5 Å². The summed E-state index contributed by atoms with van der Waals surface area (Å²) in [6, 6.07) is 7.12. The van der Waals surface area contributed by atoms with Crippen molar-refractivity contribution < 1.29 is 18.0 Å². The maximum Gasteiger partial charge on any atom is 0.408 e. The summed E-state index contributed by atoms with van der Waals surface area (Å²) in [4.78, 5) is 13.8. The summed E-state index contributed by atoms with van der Waals surface area (Å²) in [6.07, 6.45) is -4.41. The number of carbonyl (C=O) groups is 1. The number of hydrogen-bond donors (Lipinski definition) is 1. The standard InChI is InChI=1S/C14H15F3N6O/c1-9-6-22(11-5-3-2-4-10(11)18-13(9)24)7-12-19-20-21-23(12)8-14(15,16)17/h2-5,9H,6-8H2,1H3,(H,18,24)/t9-/m1/s1. The van der Waals surface area contributed by atoms with Crippen LogP contribution in [0.15, 0.2) is 24.3 Å². The van der Waals surface area contributed by atoms with Crippen LogP contribution in [0, 0.1) is 5.92 Å². The number of nitrogens with one attached hydrogen (secondary N) is 1. The van der Waals surface area contributed by atoms with E-state index in [4.69, 9.17) is 0 Å². The van der Waals surface area contributed by atoms with E-state index < -0.39 is 12.7 Å². The molecule has 1 atom stereocenters. The molecule has 2 heterocycles. The maximum absolute atomic E-state index is 12.6. The molecule has 0 bridgehead atoms. The summed E-state index contributed by atoms with van der Waals surface area (Å²) in [7, 11) is 0. The Bertz CT molecular complexity index is 744. The topological polar surface area (TPSA) is 75.9 Å². The highest BCUT2D eigenvalue weighted by Crippen LogP contribution is 2.30. The van der Waals surface area contributed by atoms with E-state index in [1.165, 1.54) is 0 Å². The molecule has 0 aliphatic carbocycles. The summed E-state index contributed by atoms with van der Waals surface area (Å²) in [6.45, 7) is 0.922. The zero-order valence-corrected chi connectivity index (χ0v) is 12.8. The lowest BCUT2D eigenvalue weighted by atomic mass is 10.1. The number of amides is 1. The highest BCUT2D eigenvalue weighted by Gasteiger charge is 2.31. The predicted octanol–water partition coefficient (Wildman–Crippen LogP) is 1.83. The second-order valence-electron chi connectivity index (χ2n) is 5.66. The molecule has 7 nitrogen and oxygen atoms in total. The maximum atomic E-state index is 12.6. The smallest absolute Gasteiger partial charge is 0.361 e. The van der Waals surface area contributed by atoms with Gasteiger partial charge >= 0.3 is 6.18 Å². The van der Waals surface area contributed by atoms with Crippen molar-refractivity contribution in [3.05, 3.63) is 30.1 Å². The highest BCUT2D eigenvalue weighted by molar-refractivity contribution is 5.97. The second kappa shape index (κ2) is 6.10. The number of benzene rings is 1. The second-order valence-corrected chi connectivity index (χ2v) is 5.66. The monoisotopic (exact) mass is 340 g/mol. The van der Waals surface area contributed by atoms with Gasteiger partial charge in [-0.2, -0.15) is 13.2 Å². The lowest BCUT2D eigenvalue weighted by Crippen LogP contribution is -2.32. The highest BCUT2D eigenvalue weighted by atomic mass is 19.4. The van der Waals surface area contributed by atoms with Crippen LogP contribution in [0.3, 0.4) is 0 Å². The van der Waals surface area contributed by atoms with Crippen LogP contribution in [-0.4, -0.2) is 38.8 Å². The number of hydrogen-bond acceptors (Lipinski definition) is 5. The lowest BCUT2D eigenvalue weighted by molar-refractivity contribution is -0.143. The van der Waals surface area contributed by atoms with E-state index in [2.05, 4.69) is 20.8 Å². The van der Waals surface area contributed by atoms with Crippen molar-refractivity contribution in [3.8, 4) is 0 Å². The molecule has 1 aromatic heterocycles. The van der Waals surface area contributed by atoms with Gasteiger partial charge in [0.25, 0.3) is 0 Å². The molecule has 1 aromatic carbocycles. The van der Waals surface area contributed by atoms with Crippen LogP contribution < -0.4 is 10.2 Å². The van der Waals surface area contributed by atoms with Crippen molar-refractivity contribution in [2.75, 3.05) is 16.8 Å². The van der Waals surface area contributed by atoms with Crippen molar-refractivity contribution in [1.29, 1.82) is 0 Å². The summed E-state index contributed by atoms with van der Waals surface area (Å²) < 4.78 is 38.6. The molecule has 0 unspecified atom stereocenters. The summed E-state index contributed by atoms with van der Waals surface area (Å²) in [5.74, 6) is -0.382. The van der Waals surface area contributed by atoms with Crippen molar-refractivity contribution in [2.24, 2.45) is 5.92 Å². The van der Waals surface area contributed by atoms with Crippen LogP contribution in [0.5, 0.6) is 0 Å². The van der Waals surface area contributed by atoms with Gasteiger partial charge in [-0.15, -0.1) is 5.10 Å². The Morgan fingerprint density at radius 2 is 2.08 bits per heavy atom. The third-order valence-corrected chi connectivity index (χ3v) is 3.71. The average molecular weight is 340 g/mol. The van der Waals surface area contributed by atoms with E-state index >= 15 is 0 Å². The summed E-state index contributed by atoms with van der Waals surface area (Å²) >= 11 is 0. The van der Waals surface area contributed by atoms with Gasteiger partial charge in [0.05, 0.1) is 23.8 Å². The first-order valence-electron chi connectivity index (χ1n) is 7.30. The Kier molecular flexibility index (Phi) is 4.12. The largest absolute Gasteiger partial charge is 0.408 e. The van der Waals surface area contributed by atoms with Gasteiger partial charge in [0.1, 0.15) is 6.54 Å². The number of fused-ring (bicyclic) bond motifs is 1. The van der Waals surface area contributed by atoms with Gasteiger partial charge in [-0.05, 0) is 22.6 Å². The number of nitrogens with zero attached hydrogens (tertiary/aromatic N) is 5. The number of halogens is 3. The van der Waals surface area contributed by atoms with Crippen LogP contribution >= 0.6 is 0 Å². The fourth-order valence-corrected chi connectivity index (χ4v) is 2.57. The zero-order valence-electron chi connectivity index (χ0n) is 12.8. The Balaban J connectivity index is 1.90. The molecule has 1 aliphatic heterocycles. The van der Waals surface area contributed by atoms with Gasteiger partial charge < -0.3 is 10.2 Å². The molecule has 2 aromatic rings. The Hall–Kier alpha value is -2.65. The van der Waals surface area contributed by atoms with E-state index in [0.29, 0.717) is 12.2 Å². The lowest BCUT2D eigenvalue weighted by Gasteiger charge is -2.25. The van der Waals surface area contributed by atoms with Crippen molar-refractivity contribution in [3.63, 3.8) is 0 Å². The minimum absolute atomic E-state index is 0.0688. The van der Waals surface area contributed by atoms with Crippen molar-refractivity contribution in [1.82, 2.24) is 20.2 Å². The molecule has 24 heavy (non-hydrogen) atoms. The SMILES string of the molecule is C[C@@H]1CN(Cc2nnnn2CC(F)(F)F)c2ccccc2NC1=O. The van der Waals surface area contributed by atoms with Crippen LogP contribution in [-0.2, 0) is 17.9 Å². The number of anilines is 2. The molecule has 1 amide bonds. The predicted molar refractivity (Wildman–Crippen MR) is 79.2 cm³/mol. The molecule has 0 spiro atoms. The van der Waals surface area contributed by atoms with Crippen LogP contribution in [0.1, 0.15) is 12.7 Å². The minimum Gasteiger partial charge on any atom is -0.361 e. The van der Waals surface area contributed by atoms with Gasteiger partial charge in [-0.3, -0.25) is 4.79 Å². The van der Waals surface area contributed by atoms with E-state index in [9.17, 15) is 18.0 Å². The first kappa shape index (κ1) is 16.2. The van der Waals surface area contributed by atoms with E-state index in [-0.39, 0.29) is 24.2 Å². The Morgan fingerprint density at radius 3 is 2.83 bits per heavy atom. The summed E-state index contributed by atoms with van der Waals surface area (Å²) in [5, 5.41) is 13.3. The van der Waals surface area contributed by atoms with Gasteiger partial charge in [0.2, 0.25) is 5.91 Å². The first-order chi connectivity index (χ1) is 11.3. The summed E-state index contributed by atoms with van der Waals surface area (Å²) in [5.41, 5.74) is 1.33. The fourth-order valence-electron chi connectivity index (χ4n) is 2.57. The number of para-hydroxylation sites is 2. The van der Waals surface area contributed by atoms with Gasteiger partial charge in [0.15, 0.2) is 5.82 Å². The third kappa shape index (κ3) is 3.47. The van der Waals surface area contributed by atoms with E-state index in [1.54, 1.807) is 36.1 Å². The molecule has 3 rings (SSSR count). The molecule has 0 fully saturated rings. The minimum atomic E-state index is -4.41. The average Bonchev–Trinajstić information content (AvgIpc) is 2.87. The molecular weight excluding hydrogens is 325 g/mol. The number of tetrazole rings is 1. The third-order valence-electron chi connectivity index (χ3n) is 3.71. The van der Waals surface area contributed by atoms with Gasteiger partial charge in [-0.25, -0.2) is 4.68 Å². The molecule has 1 aliphatic rings. The van der Waals surface area contributed by atoms with E-state index in [1.807, 2.05) is 0 Å². The first-order valence-corrected chi connectivity index (χ1v) is 7.30. The van der Waals surface area contributed by atoms with Crippen LogP contribution in [0.25, 0.3) is 0 Å². The molecule has 0 saturated heterocycles. The van der Waals surface area contributed by atoms with Crippen LogP contribution in [0.2, 0.25) is 0 Å². The number of rotatable bonds is 3. The molecular formula is C14H15F3N6O. The fraction of sp³-hybridized carbons (Fsp3) is 0.429. The molecule has 128 valence electrons. The van der Waals surface area contributed by atoms with Crippen molar-refractivity contribution in [2.45, 2.75) is 26.2 Å². The van der Waals surface area contributed by atoms with Gasteiger partial charge in [-0.1, -0.05) is 19.1 Å². The molecule has 0 saturated carbocycles.